The molecule has 264 valence electrons. The predicted molar refractivity (Wildman–Crippen MR) is 193 cm³/mol. The first-order valence-electron chi connectivity index (χ1n) is 16.2. The molecule has 0 bridgehead atoms. The molecule has 14 heteroatoms. The lowest BCUT2D eigenvalue weighted by Gasteiger charge is -2.29. The summed E-state index contributed by atoms with van der Waals surface area (Å²) in [5.74, 6) is 0.720. The van der Waals surface area contributed by atoms with E-state index in [9.17, 15) is 14.4 Å². The molecular formula is C37H36Cl2N6O6. The Labute approximate surface area is 304 Å². The number of aldehydes is 1. The average Bonchev–Trinajstić information content (AvgIpc) is 3.72. The van der Waals surface area contributed by atoms with Crippen molar-refractivity contribution in [3.63, 3.8) is 0 Å². The molecule has 1 saturated heterocycles. The van der Waals surface area contributed by atoms with Gasteiger partial charge in [0.2, 0.25) is 11.8 Å². The minimum atomic E-state index is -0.706. The summed E-state index contributed by atoms with van der Waals surface area (Å²) in [5.41, 5.74) is 4.29. The molecule has 1 aliphatic rings. The molecule has 0 spiro atoms. The molecule has 51 heavy (non-hydrogen) atoms. The lowest BCUT2D eigenvalue weighted by atomic mass is 10.00. The molecule has 12 nitrogen and oxygen atoms in total. The van der Waals surface area contributed by atoms with Crippen LogP contribution in [0.2, 0.25) is 10.0 Å². The molecular weight excluding hydrogens is 695 g/mol. The molecule has 6 rings (SSSR count). The lowest BCUT2D eigenvalue weighted by Crippen LogP contribution is -2.43. The highest BCUT2D eigenvalue weighted by Gasteiger charge is 2.29. The van der Waals surface area contributed by atoms with Gasteiger partial charge in [0, 0.05) is 65.4 Å². The molecule has 5 aromatic rings. The highest BCUT2D eigenvalue weighted by Crippen LogP contribution is 2.42. The summed E-state index contributed by atoms with van der Waals surface area (Å²) in [4.78, 5) is 51.7. The molecule has 5 heterocycles. The number of hydrogen-bond acceptors (Lipinski definition) is 9. The van der Waals surface area contributed by atoms with E-state index in [0.717, 1.165) is 0 Å². The van der Waals surface area contributed by atoms with Gasteiger partial charge < -0.3 is 28.8 Å². The zero-order valence-corrected chi connectivity index (χ0v) is 30.2. The van der Waals surface area contributed by atoms with Crippen LogP contribution in [0.3, 0.4) is 0 Å². The van der Waals surface area contributed by atoms with Crippen LogP contribution in [-0.2, 0) is 16.1 Å². The van der Waals surface area contributed by atoms with Gasteiger partial charge in [-0.1, -0.05) is 41.4 Å². The van der Waals surface area contributed by atoms with Gasteiger partial charge in [-0.15, -0.1) is 0 Å². The van der Waals surface area contributed by atoms with E-state index in [1.165, 1.54) is 14.2 Å². The molecule has 0 aliphatic carbocycles. The van der Waals surface area contributed by atoms with E-state index in [2.05, 4.69) is 15.3 Å². The molecule has 2 amide bonds. The Balaban J connectivity index is 1.33. The van der Waals surface area contributed by atoms with Crippen molar-refractivity contribution < 1.29 is 28.6 Å². The molecule has 0 unspecified atom stereocenters. The first kappa shape index (κ1) is 35.6. The van der Waals surface area contributed by atoms with Gasteiger partial charge in [-0.05, 0) is 51.5 Å². The van der Waals surface area contributed by atoms with Crippen LogP contribution in [0.1, 0.15) is 49.7 Å². The summed E-state index contributed by atoms with van der Waals surface area (Å²) in [7, 11) is 3.03. The predicted octanol–water partition coefficient (Wildman–Crippen LogP) is 7.28. The van der Waals surface area contributed by atoms with Gasteiger partial charge >= 0.3 is 6.09 Å². The molecule has 0 saturated carbocycles. The summed E-state index contributed by atoms with van der Waals surface area (Å²) in [6, 6.07) is 12.6. The quantitative estimate of drug-likeness (QED) is 0.147. The number of nitrogens with one attached hydrogen (secondary N) is 1. The van der Waals surface area contributed by atoms with Crippen molar-refractivity contribution >= 4 is 47.1 Å². The van der Waals surface area contributed by atoms with E-state index in [1.807, 2.05) is 30.3 Å². The Bertz CT molecular complexity index is 2150. The number of aromatic nitrogens is 4. The van der Waals surface area contributed by atoms with Gasteiger partial charge in [0.25, 0.3) is 0 Å². The second-order valence-corrected chi connectivity index (χ2v) is 13.8. The Morgan fingerprint density at radius 2 is 1.80 bits per heavy atom. The number of hydrogen-bond donors (Lipinski definition) is 1. The van der Waals surface area contributed by atoms with E-state index in [4.69, 9.17) is 42.4 Å². The fraction of sp³-hybridized carbons (Fsp3) is 0.297. The average molecular weight is 732 g/mol. The van der Waals surface area contributed by atoms with E-state index in [1.54, 1.807) is 60.8 Å². The third-order valence-electron chi connectivity index (χ3n) is 8.28. The van der Waals surface area contributed by atoms with Crippen molar-refractivity contribution in [1.29, 1.82) is 0 Å². The number of ether oxygens (including phenoxy) is 3. The Kier molecular flexibility index (Phi) is 10.2. The normalized spacial score (nSPS) is 14.3. The maximum atomic E-state index is 13.3. The van der Waals surface area contributed by atoms with Gasteiger partial charge in [-0.3, -0.25) is 14.6 Å². The maximum absolute atomic E-state index is 13.3. The Morgan fingerprint density at radius 3 is 2.49 bits per heavy atom. The second-order valence-electron chi connectivity index (χ2n) is 13.0. The molecule has 1 N–H and O–H groups in total. The number of methoxy groups -OCH3 is 2. The minimum Gasteiger partial charge on any atom is -0.493 e. The molecule has 1 aliphatic heterocycles. The summed E-state index contributed by atoms with van der Waals surface area (Å²) in [5, 5.41) is 3.68. The number of fused-ring (bicyclic) bond motifs is 1. The fourth-order valence-electron chi connectivity index (χ4n) is 5.95. The van der Waals surface area contributed by atoms with Crippen molar-refractivity contribution in [2.24, 2.45) is 0 Å². The fourth-order valence-corrected chi connectivity index (χ4v) is 6.59. The van der Waals surface area contributed by atoms with E-state index >= 15 is 0 Å². The van der Waals surface area contributed by atoms with Gasteiger partial charge in [0.05, 0.1) is 42.2 Å². The number of rotatable bonds is 10. The Hall–Kier alpha value is -5.20. The van der Waals surface area contributed by atoms with E-state index < -0.39 is 11.7 Å². The number of benzene rings is 1. The van der Waals surface area contributed by atoms with Gasteiger partial charge in [0.15, 0.2) is 17.7 Å². The zero-order chi connectivity index (χ0) is 36.4. The van der Waals surface area contributed by atoms with Crippen molar-refractivity contribution in [1.82, 2.24) is 29.6 Å². The first-order chi connectivity index (χ1) is 24.4. The van der Waals surface area contributed by atoms with Gasteiger partial charge in [-0.25, -0.2) is 14.8 Å². The standard InChI is InChI=1S/C37H36Cl2N6O6/c1-37(2,3)51-36(48)45(18-23-10-12-30(47)41-23)16-21-9-11-28(43-35(21)50-5)27-8-6-7-25(31(27)38)26-13-14-40-33(32(26)39)22-15-29(49-4)34-42-24(20-46)19-44(34)17-22/h6-9,11,13-15,17,19-20,23H,10,12,16,18H2,1-5H3,(H,41,47)/t23-/m0/s1. The van der Waals surface area contributed by atoms with Crippen LogP contribution >= 0.6 is 23.2 Å². The third kappa shape index (κ3) is 7.62. The maximum Gasteiger partial charge on any atom is 0.410 e. The van der Waals surface area contributed by atoms with E-state index in [0.29, 0.717) is 85.7 Å². The summed E-state index contributed by atoms with van der Waals surface area (Å²) < 4.78 is 18.6. The number of carbonyl (C=O) groups excluding carboxylic acids is 3. The van der Waals surface area contributed by atoms with Crippen LogP contribution in [0.25, 0.3) is 39.3 Å². The van der Waals surface area contributed by atoms with Crippen LogP contribution in [0, 0.1) is 0 Å². The number of nitrogens with zero attached hydrogens (tertiary/aromatic N) is 5. The van der Waals surface area contributed by atoms with Crippen LogP contribution in [0.5, 0.6) is 11.6 Å². The number of carbonyl (C=O) groups is 3. The largest absolute Gasteiger partial charge is 0.493 e. The molecule has 1 fully saturated rings. The summed E-state index contributed by atoms with van der Waals surface area (Å²) >= 11 is 14.1. The second kappa shape index (κ2) is 14.6. The van der Waals surface area contributed by atoms with Crippen LogP contribution in [-0.4, -0.2) is 74.9 Å². The summed E-state index contributed by atoms with van der Waals surface area (Å²) in [6.45, 7) is 5.83. The van der Waals surface area contributed by atoms with Crippen molar-refractivity contribution in [2.45, 2.75) is 51.8 Å². The zero-order valence-electron chi connectivity index (χ0n) is 28.7. The van der Waals surface area contributed by atoms with Gasteiger partial charge in [-0.2, -0.15) is 0 Å². The number of halogens is 2. The third-order valence-corrected chi connectivity index (χ3v) is 9.07. The Morgan fingerprint density at radius 1 is 1.04 bits per heavy atom. The SMILES string of the molecule is COc1nc(-c2cccc(-c3ccnc(-c4cc(OC)c5nc(C=O)cn5c4)c3Cl)c2Cl)ccc1CN(C[C@@H]1CCC(=O)N1)C(=O)OC(C)(C)C. The van der Waals surface area contributed by atoms with Crippen LogP contribution < -0.4 is 14.8 Å². The number of pyridine rings is 3. The topological polar surface area (TPSA) is 137 Å². The van der Waals surface area contributed by atoms with E-state index in [-0.39, 0.29) is 30.7 Å². The number of amides is 2. The summed E-state index contributed by atoms with van der Waals surface area (Å²) in [6.07, 6.45) is 6.22. The molecule has 4 aromatic heterocycles. The van der Waals surface area contributed by atoms with Crippen LogP contribution in [0.15, 0.2) is 61.1 Å². The van der Waals surface area contributed by atoms with Crippen molar-refractivity contribution in [2.75, 3.05) is 20.8 Å². The van der Waals surface area contributed by atoms with Crippen LogP contribution in [0.4, 0.5) is 4.79 Å². The first-order valence-corrected chi connectivity index (χ1v) is 16.9. The smallest absolute Gasteiger partial charge is 0.410 e. The molecule has 1 aromatic carbocycles. The lowest BCUT2D eigenvalue weighted by molar-refractivity contribution is -0.119. The molecule has 0 radical (unpaired) electrons. The highest BCUT2D eigenvalue weighted by molar-refractivity contribution is 6.39. The van der Waals surface area contributed by atoms with Gasteiger partial charge in [0.1, 0.15) is 11.3 Å². The number of imidazole rings is 1. The molecule has 1 atom stereocenters. The highest BCUT2D eigenvalue weighted by atomic mass is 35.5. The van der Waals surface area contributed by atoms with Crippen molar-refractivity contribution in [3.05, 3.63) is 82.4 Å². The minimum absolute atomic E-state index is 0.0403. The van der Waals surface area contributed by atoms with Crippen molar-refractivity contribution in [3.8, 4) is 45.3 Å². The monoisotopic (exact) mass is 730 g/mol.